The zero-order valence-electron chi connectivity index (χ0n) is 8.64. The Balaban J connectivity index is 2.03. The van der Waals surface area contributed by atoms with Gasteiger partial charge in [0.1, 0.15) is 6.61 Å². The van der Waals surface area contributed by atoms with Crippen molar-refractivity contribution in [3.63, 3.8) is 0 Å². The van der Waals surface area contributed by atoms with Crippen molar-refractivity contribution in [3.8, 4) is 0 Å². The number of nitrogens with two attached hydrogens (primary N) is 1. The van der Waals surface area contributed by atoms with E-state index in [1.54, 1.807) is 0 Å². The van der Waals surface area contributed by atoms with Gasteiger partial charge < -0.3 is 21.1 Å². The molecular formula is C9H19N3O2. The Morgan fingerprint density at radius 2 is 2.36 bits per heavy atom. The molecule has 5 nitrogen and oxygen atoms in total. The van der Waals surface area contributed by atoms with Crippen molar-refractivity contribution in [2.75, 3.05) is 32.8 Å². The molecule has 4 N–H and O–H groups in total. The Morgan fingerprint density at radius 1 is 1.64 bits per heavy atom. The third-order valence-corrected chi connectivity index (χ3v) is 2.25. The van der Waals surface area contributed by atoms with Gasteiger partial charge in [0.2, 0.25) is 5.91 Å². The fraction of sp³-hybridized carbons (Fsp3) is 0.889. The highest BCUT2D eigenvalue weighted by Crippen LogP contribution is 2.14. The molecule has 0 unspecified atom stereocenters. The maximum absolute atomic E-state index is 11.2. The fourth-order valence-electron chi connectivity index (χ4n) is 1.20. The van der Waals surface area contributed by atoms with Gasteiger partial charge in [-0.25, -0.2) is 0 Å². The average Bonchev–Trinajstić information content (AvgIpc) is 2.12. The van der Waals surface area contributed by atoms with Gasteiger partial charge in [-0.15, -0.1) is 0 Å². The third-order valence-electron chi connectivity index (χ3n) is 2.25. The smallest absolute Gasteiger partial charge is 0.246 e. The first kappa shape index (κ1) is 11.4. The number of rotatable bonds is 6. The molecule has 14 heavy (non-hydrogen) atoms. The number of amides is 1. The van der Waals surface area contributed by atoms with Crippen LogP contribution in [0.25, 0.3) is 0 Å². The second-order valence-corrected chi connectivity index (χ2v) is 3.83. The molecule has 82 valence electrons. The lowest BCUT2D eigenvalue weighted by Gasteiger charge is -2.38. The Morgan fingerprint density at radius 3 is 2.86 bits per heavy atom. The average molecular weight is 201 g/mol. The van der Waals surface area contributed by atoms with Gasteiger partial charge in [0, 0.05) is 19.6 Å². The summed E-state index contributed by atoms with van der Waals surface area (Å²) in [6, 6.07) is 0. The number of hydrogen-bond acceptors (Lipinski definition) is 4. The molecule has 1 aliphatic heterocycles. The van der Waals surface area contributed by atoms with E-state index in [4.69, 9.17) is 10.5 Å². The van der Waals surface area contributed by atoms with Crippen molar-refractivity contribution in [2.45, 2.75) is 18.9 Å². The van der Waals surface area contributed by atoms with Crippen molar-refractivity contribution in [2.24, 2.45) is 5.73 Å². The van der Waals surface area contributed by atoms with Gasteiger partial charge in [0.15, 0.2) is 0 Å². The molecule has 0 aromatic heterocycles. The van der Waals surface area contributed by atoms with Crippen LogP contribution in [0, 0.1) is 0 Å². The lowest BCUT2D eigenvalue weighted by atomic mass is 10.0. The molecule has 0 aliphatic carbocycles. The molecule has 1 saturated heterocycles. The van der Waals surface area contributed by atoms with Crippen LogP contribution in [0.5, 0.6) is 0 Å². The number of carbonyl (C=O) groups is 1. The van der Waals surface area contributed by atoms with Crippen LogP contribution in [0.15, 0.2) is 0 Å². The molecule has 0 saturated carbocycles. The van der Waals surface area contributed by atoms with Crippen LogP contribution in [0.1, 0.15) is 13.3 Å². The first-order chi connectivity index (χ1) is 6.66. The van der Waals surface area contributed by atoms with Crippen molar-refractivity contribution < 1.29 is 9.53 Å². The number of hydrogen-bond donors (Lipinski definition) is 3. The molecular weight excluding hydrogens is 182 g/mol. The molecule has 0 atom stereocenters. The first-order valence-electron chi connectivity index (χ1n) is 4.98. The summed E-state index contributed by atoms with van der Waals surface area (Å²) >= 11 is 0. The van der Waals surface area contributed by atoms with Crippen molar-refractivity contribution in [1.82, 2.24) is 10.6 Å². The summed E-state index contributed by atoms with van der Waals surface area (Å²) in [6.45, 7) is 5.02. The van der Waals surface area contributed by atoms with E-state index in [2.05, 4.69) is 10.6 Å². The predicted octanol–water partition coefficient (Wildman–Crippen LogP) is -1.17. The van der Waals surface area contributed by atoms with Gasteiger partial charge in [0.25, 0.3) is 0 Å². The molecule has 0 spiro atoms. The Kier molecular flexibility index (Phi) is 4.31. The van der Waals surface area contributed by atoms with Gasteiger partial charge in [-0.1, -0.05) is 0 Å². The van der Waals surface area contributed by atoms with Gasteiger partial charge in [-0.2, -0.15) is 0 Å². The summed E-state index contributed by atoms with van der Waals surface area (Å²) in [4.78, 5) is 11.2. The minimum Gasteiger partial charge on any atom is -0.363 e. The maximum Gasteiger partial charge on any atom is 0.246 e. The van der Waals surface area contributed by atoms with Crippen molar-refractivity contribution in [1.29, 1.82) is 0 Å². The monoisotopic (exact) mass is 201 g/mol. The quantitative estimate of drug-likeness (QED) is 0.473. The summed E-state index contributed by atoms with van der Waals surface area (Å²) in [5.74, 6) is -0.0634. The number of nitrogens with one attached hydrogen (secondary N) is 2. The van der Waals surface area contributed by atoms with E-state index < -0.39 is 0 Å². The predicted molar refractivity (Wildman–Crippen MR) is 53.9 cm³/mol. The molecule has 1 rings (SSSR count). The summed E-state index contributed by atoms with van der Waals surface area (Å²) < 4.78 is 5.45. The van der Waals surface area contributed by atoms with Gasteiger partial charge in [0.05, 0.1) is 5.60 Å². The van der Waals surface area contributed by atoms with Crippen LogP contribution in [0.4, 0.5) is 0 Å². The van der Waals surface area contributed by atoms with E-state index in [0.29, 0.717) is 13.1 Å². The number of ether oxygens (including phenoxy) is 1. The highest BCUT2D eigenvalue weighted by atomic mass is 16.5. The lowest BCUT2D eigenvalue weighted by Crippen LogP contribution is -2.59. The molecule has 1 aliphatic rings. The molecule has 5 heteroatoms. The third kappa shape index (κ3) is 3.61. The van der Waals surface area contributed by atoms with E-state index in [0.717, 1.165) is 19.5 Å². The zero-order chi connectivity index (χ0) is 10.4. The molecule has 0 radical (unpaired) electrons. The second kappa shape index (κ2) is 5.29. The SMILES string of the molecule is CC1(OCC(=O)NCCCN)CNC1. The van der Waals surface area contributed by atoms with E-state index in [9.17, 15) is 4.79 Å². The van der Waals surface area contributed by atoms with E-state index in [1.807, 2.05) is 6.92 Å². The fourth-order valence-corrected chi connectivity index (χ4v) is 1.20. The van der Waals surface area contributed by atoms with E-state index in [-0.39, 0.29) is 18.1 Å². The second-order valence-electron chi connectivity index (χ2n) is 3.83. The molecule has 1 heterocycles. The zero-order valence-corrected chi connectivity index (χ0v) is 8.64. The molecule has 0 aromatic carbocycles. The lowest BCUT2D eigenvalue weighted by molar-refractivity contribution is -0.135. The van der Waals surface area contributed by atoms with Crippen LogP contribution < -0.4 is 16.4 Å². The Bertz CT molecular complexity index is 192. The van der Waals surface area contributed by atoms with Gasteiger partial charge >= 0.3 is 0 Å². The summed E-state index contributed by atoms with van der Waals surface area (Å²) in [7, 11) is 0. The Hall–Kier alpha value is -0.650. The minimum atomic E-state index is -0.148. The topological polar surface area (TPSA) is 76.4 Å². The van der Waals surface area contributed by atoms with E-state index >= 15 is 0 Å². The summed E-state index contributed by atoms with van der Waals surface area (Å²) in [5.41, 5.74) is 5.15. The van der Waals surface area contributed by atoms with Crippen molar-refractivity contribution in [3.05, 3.63) is 0 Å². The molecule has 0 bridgehead atoms. The standard InChI is InChI=1S/C9H19N3O2/c1-9(6-11-7-9)14-5-8(13)12-4-2-3-10/h11H,2-7,10H2,1H3,(H,12,13). The van der Waals surface area contributed by atoms with Crippen molar-refractivity contribution >= 4 is 5.91 Å². The summed E-state index contributed by atoms with van der Waals surface area (Å²) in [6.07, 6.45) is 0.810. The number of carbonyl (C=O) groups excluding carboxylic acids is 1. The minimum absolute atomic E-state index is 0.0634. The highest BCUT2D eigenvalue weighted by molar-refractivity contribution is 5.77. The van der Waals surface area contributed by atoms with Crippen LogP contribution >= 0.6 is 0 Å². The van der Waals surface area contributed by atoms with Crippen LogP contribution in [-0.4, -0.2) is 44.3 Å². The summed E-state index contributed by atoms with van der Waals surface area (Å²) in [5, 5.41) is 5.84. The van der Waals surface area contributed by atoms with Gasteiger partial charge in [-0.05, 0) is 19.9 Å². The highest BCUT2D eigenvalue weighted by Gasteiger charge is 2.32. The molecule has 1 amide bonds. The maximum atomic E-state index is 11.2. The van der Waals surface area contributed by atoms with E-state index in [1.165, 1.54) is 0 Å². The molecule has 1 fully saturated rings. The largest absolute Gasteiger partial charge is 0.363 e. The first-order valence-corrected chi connectivity index (χ1v) is 4.98. The Labute approximate surface area is 84.4 Å². The van der Waals surface area contributed by atoms with Crippen LogP contribution in [-0.2, 0) is 9.53 Å². The van der Waals surface area contributed by atoms with Gasteiger partial charge in [-0.3, -0.25) is 4.79 Å². The van der Waals surface area contributed by atoms with Crippen LogP contribution in [0.3, 0.4) is 0 Å². The van der Waals surface area contributed by atoms with Crippen LogP contribution in [0.2, 0.25) is 0 Å². The normalized spacial score (nSPS) is 18.7. The molecule has 0 aromatic rings.